The lowest BCUT2D eigenvalue weighted by molar-refractivity contribution is -0.215. The molecule has 3 aromatic rings. The van der Waals surface area contributed by atoms with E-state index in [0.29, 0.717) is 22.9 Å². The zero-order valence-electron chi connectivity index (χ0n) is 12.2. The second-order valence-corrected chi connectivity index (χ2v) is 5.82. The summed E-state index contributed by atoms with van der Waals surface area (Å²) in [5.41, 5.74) is -1.51. The monoisotopic (exact) mass is 336 g/mol. The standard InChI is InChI=1S/C15H11F3N4O2/c16-15(17,18)14(4-1-5-14)13-21-12(24-22-13)8-2-3-9-10(6-8)19-7-20-11(9)23/h2-3,6-7H,1,4-5H2,(H,19,20,23). The molecule has 24 heavy (non-hydrogen) atoms. The van der Waals surface area contributed by atoms with Gasteiger partial charge in [0.05, 0.1) is 17.2 Å². The maximum Gasteiger partial charge on any atom is 0.401 e. The molecule has 1 N–H and O–H groups in total. The highest BCUT2D eigenvalue weighted by Crippen LogP contribution is 2.53. The minimum absolute atomic E-state index is 0.0236. The summed E-state index contributed by atoms with van der Waals surface area (Å²) >= 11 is 0. The smallest absolute Gasteiger partial charge is 0.334 e. The van der Waals surface area contributed by atoms with Crippen molar-refractivity contribution >= 4 is 10.9 Å². The molecule has 0 bridgehead atoms. The van der Waals surface area contributed by atoms with E-state index in [1.54, 1.807) is 0 Å². The Balaban J connectivity index is 1.77. The first-order valence-corrected chi connectivity index (χ1v) is 7.29. The van der Waals surface area contributed by atoms with Crippen LogP contribution >= 0.6 is 0 Å². The van der Waals surface area contributed by atoms with Crippen LogP contribution in [0.5, 0.6) is 0 Å². The van der Waals surface area contributed by atoms with Gasteiger partial charge in [0.2, 0.25) is 0 Å². The van der Waals surface area contributed by atoms with Crippen LogP contribution in [0.1, 0.15) is 25.1 Å². The number of nitrogens with zero attached hydrogens (tertiary/aromatic N) is 3. The lowest BCUT2D eigenvalue weighted by Gasteiger charge is -2.40. The van der Waals surface area contributed by atoms with Gasteiger partial charge in [-0.3, -0.25) is 4.79 Å². The minimum Gasteiger partial charge on any atom is -0.334 e. The normalized spacial score (nSPS) is 17.0. The fourth-order valence-electron chi connectivity index (χ4n) is 2.90. The third-order valence-corrected chi connectivity index (χ3v) is 4.49. The lowest BCUT2D eigenvalue weighted by atomic mass is 9.67. The Kier molecular flexibility index (Phi) is 3.03. The number of hydrogen-bond acceptors (Lipinski definition) is 5. The third kappa shape index (κ3) is 2.04. The summed E-state index contributed by atoms with van der Waals surface area (Å²) in [6.07, 6.45) is -2.76. The van der Waals surface area contributed by atoms with Gasteiger partial charge in [-0.15, -0.1) is 0 Å². The molecule has 0 atom stereocenters. The zero-order chi connectivity index (χ0) is 16.9. The van der Waals surface area contributed by atoms with Crippen LogP contribution in [0, 0.1) is 0 Å². The van der Waals surface area contributed by atoms with Crippen molar-refractivity contribution < 1.29 is 17.7 Å². The molecule has 2 aromatic heterocycles. The number of nitrogens with one attached hydrogen (secondary N) is 1. The Morgan fingerprint density at radius 3 is 2.71 bits per heavy atom. The number of aromatic amines is 1. The topological polar surface area (TPSA) is 84.7 Å². The molecule has 0 amide bonds. The van der Waals surface area contributed by atoms with Gasteiger partial charge >= 0.3 is 6.18 Å². The average Bonchev–Trinajstić information content (AvgIpc) is 2.94. The SMILES string of the molecule is O=c1[nH]cnc2cc(-c3nc(C4(C(F)(F)F)CCC4)no3)ccc12. The van der Waals surface area contributed by atoms with Gasteiger partial charge in [0.15, 0.2) is 5.82 Å². The maximum absolute atomic E-state index is 13.3. The maximum atomic E-state index is 13.3. The molecule has 1 saturated carbocycles. The highest BCUT2D eigenvalue weighted by molar-refractivity contribution is 5.81. The number of rotatable bonds is 2. The molecule has 1 fully saturated rings. The fraction of sp³-hybridized carbons (Fsp3) is 0.333. The first-order chi connectivity index (χ1) is 11.4. The van der Waals surface area contributed by atoms with E-state index in [1.807, 2.05) is 0 Å². The Bertz CT molecular complexity index is 972. The number of aromatic nitrogens is 4. The van der Waals surface area contributed by atoms with E-state index in [4.69, 9.17) is 4.52 Å². The molecule has 0 aliphatic heterocycles. The largest absolute Gasteiger partial charge is 0.401 e. The van der Waals surface area contributed by atoms with Crippen LogP contribution in [-0.4, -0.2) is 26.3 Å². The van der Waals surface area contributed by atoms with Gasteiger partial charge in [0.1, 0.15) is 5.41 Å². The molecule has 0 spiro atoms. The molecule has 4 rings (SSSR count). The van der Waals surface area contributed by atoms with Crippen LogP contribution in [0.3, 0.4) is 0 Å². The molecule has 2 heterocycles. The van der Waals surface area contributed by atoms with Gasteiger partial charge in [-0.2, -0.15) is 18.2 Å². The van der Waals surface area contributed by atoms with Gasteiger partial charge in [-0.05, 0) is 31.0 Å². The quantitative estimate of drug-likeness (QED) is 0.778. The van der Waals surface area contributed by atoms with Crippen molar-refractivity contribution in [3.8, 4) is 11.5 Å². The van der Waals surface area contributed by atoms with Crippen molar-refractivity contribution in [3.05, 3.63) is 40.7 Å². The Hall–Kier alpha value is -2.71. The molecular weight excluding hydrogens is 325 g/mol. The van der Waals surface area contributed by atoms with E-state index >= 15 is 0 Å². The van der Waals surface area contributed by atoms with Crippen molar-refractivity contribution in [2.24, 2.45) is 0 Å². The van der Waals surface area contributed by atoms with Crippen LogP contribution in [0.4, 0.5) is 13.2 Å². The highest BCUT2D eigenvalue weighted by atomic mass is 19.4. The molecule has 1 aromatic carbocycles. The molecule has 124 valence electrons. The molecule has 9 heteroatoms. The van der Waals surface area contributed by atoms with Crippen molar-refractivity contribution in [2.45, 2.75) is 30.9 Å². The number of alkyl halides is 3. The summed E-state index contributed by atoms with van der Waals surface area (Å²) in [6, 6.07) is 4.59. The molecule has 0 unspecified atom stereocenters. The van der Waals surface area contributed by atoms with E-state index in [-0.39, 0.29) is 30.1 Å². The fourth-order valence-corrected chi connectivity index (χ4v) is 2.90. The second-order valence-electron chi connectivity index (χ2n) is 5.82. The first kappa shape index (κ1) is 14.9. The van der Waals surface area contributed by atoms with Crippen LogP contribution in [0.25, 0.3) is 22.4 Å². The first-order valence-electron chi connectivity index (χ1n) is 7.29. The summed E-state index contributed by atoms with van der Waals surface area (Å²) in [6.45, 7) is 0. The molecule has 0 saturated heterocycles. The number of fused-ring (bicyclic) bond motifs is 1. The number of H-pyrrole nitrogens is 1. The second kappa shape index (κ2) is 4.89. The Labute approximate surface area is 132 Å². The lowest BCUT2D eigenvalue weighted by Crippen LogP contribution is -2.48. The summed E-state index contributed by atoms with van der Waals surface area (Å²) in [5.74, 6) is -0.361. The van der Waals surface area contributed by atoms with Gasteiger partial charge < -0.3 is 9.51 Å². The molecule has 1 aliphatic carbocycles. The number of benzene rings is 1. The highest BCUT2D eigenvalue weighted by Gasteiger charge is 2.62. The average molecular weight is 336 g/mol. The van der Waals surface area contributed by atoms with E-state index in [1.165, 1.54) is 24.5 Å². The van der Waals surface area contributed by atoms with Crippen molar-refractivity contribution in [1.29, 1.82) is 0 Å². The summed E-state index contributed by atoms with van der Waals surface area (Å²) in [7, 11) is 0. The Morgan fingerprint density at radius 2 is 2.04 bits per heavy atom. The zero-order valence-corrected chi connectivity index (χ0v) is 12.2. The van der Waals surface area contributed by atoms with Crippen LogP contribution in [0.15, 0.2) is 33.8 Å². The van der Waals surface area contributed by atoms with E-state index in [9.17, 15) is 18.0 Å². The molecule has 0 radical (unpaired) electrons. The van der Waals surface area contributed by atoms with Crippen molar-refractivity contribution in [3.63, 3.8) is 0 Å². The number of halogens is 3. The summed E-state index contributed by atoms with van der Waals surface area (Å²) in [4.78, 5) is 22.1. The van der Waals surface area contributed by atoms with E-state index in [2.05, 4.69) is 20.1 Å². The molecule has 6 nitrogen and oxygen atoms in total. The number of hydrogen-bond donors (Lipinski definition) is 1. The third-order valence-electron chi connectivity index (χ3n) is 4.49. The van der Waals surface area contributed by atoms with Crippen molar-refractivity contribution in [1.82, 2.24) is 20.1 Å². The van der Waals surface area contributed by atoms with Crippen LogP contribution in [0.2, 0.25) is 0 Å². The van der Waals surface area contributed by atoms with Gasteiger partial charge in [0.25, 0.3) is 11.4 Å². The summed E-state index contributed by atoms with van der Waals surface area (Å²) < 4.78 is 45.0. The summed E-state index contributed by atoms with van der Waals surface area (Å²) in [5, 5.41) is 3.92. The van der Waals surface area contributed by atoms with E-state index < -0.39 is 11.6 Å². The van der Waals surface area contributed by atoms with Gasteiger partial charge in [0, 0.05) is 5.56 Å². The minimum atomic E-state index is -4.41. The predicted octanol–water partition coefficient (Wildman–Crippen LogP) is 2.96. The van der Waals surface area contributed by atoms with Gasteiger partial charge in [-0.1, -0.05) is 11.6 Å². The van der Waals surface area contributed by atoms with Crippen LogP contribution < -0.4 is 5.56 Å². The molecule has 1 aliphatic rings. The predicted molar refractivity (Wildman–Crippen MR) is 77.2 cm³/mol. The van der Waals surface area contributed by atoms with Crippen LogP contribution in [-0.2, 0) is 5.41 Å². The van der Waals surface area contributed by atoms with E-state index in [0.717, 1.165) is 0 Å². The van der Waals surface area contributed by atoms with Crippen molar-refractivity contribution in [2.75, 3.05) is 0 Å². The Morgan fingerprint density at radius 1 is 1.25 bits per heavy atom. The van der Waals surface area contributed by atoms with Gasteiger partial charge in [-0.25, -0.2) is 4.98 Å². The molecular formula is C15H11F3N4O2.